The number of benzene rings is 2. The monoisotopic (exact) mass is 410 g/mol. The number of carbonyl (C=O) groups is 1. The summed E-state index contributed by atoms with van der Waals surface area (Å²) in [6.45, 7) is 5.49. The Kier molecular flexibility index (Phi) is 7.24. The quantitative estimate of drug-likeness (QED) is 0.655. The first-order chi connectivity index (χ1) is 12.7. The van der Waals surface area contributed by atoms with E-state index in [4.69, 9.17) is 16.3 Å². The minimum absolute atomic E-state index is 0.0847. The van der Waals surface area contributed by atoms with Gasteiger partial charge in [-0.25, -0.2) is 13.1 Å². The summed E-state index contributed by atoms with van der Waals surface area (Å²) in [5, 5.41) is 3.21. The minimum Gasteiger partial charge on any atom is -0.484 e. The first-order valence-corrected chi connectivity index (χ1v) is 10.3. The average Bonchev–Trinajstić information content (AvgIpc) is 2.60. The normalized spacial score (nSPS) is 11.3. The molecule has 0 radical (unpaired) electrons. The van der Waals surface area contributed by atoms with E-state index in [2.05, 4.69) is 10.0 Å². The Labute approximate surface area is 164 Å². The van der Waals surface area contributed by atoms with Gasteiger partial charge in [-0.3, -0.25) is 4.79 Å². The third-order valence-electron chi connectivity index (χ3n) is 3.87. The van der Waals surface area contributed by atoms with Gasteiger partial charge >= 0.3 is 0 Å². The zero-order chi connectivity index (χ0) is 20.0. The fraction of sp³-hybridized carbons (Fsp3) is 0.316. The van der Waals surface area contributed by atoms with Crippen molar-refractivity contribution in [3.8, 4) is 5.75 Å². The van der Waals surface area contributed by atoms with Crippen molar-refractivity contribution in [3.63, 3.8) is 0 Å². The maximum atomic E-state index is 12.4. The van der Waals surface area contributed by atoms with Gasteiger partial charge in [-0.05, 0) is 61.7 Å². The van der Waals surface area contributed by atoms with Crippen LogP contribution < -0.4 is 14.8 Å². The molecule has 2 aromatic carbocycles. The van der Waals surface area contributed by atoms with E-state index in [0.717, 1.165) is 11.1 Å². The van der Waals surface area contributed by atoms with E-state index < -0.39 is 10.0 Å². The molecule has 8 heteroatoms. The Morgan fingerprint density at radius 3 is 2.48 bits per heavy atom. The van der Waals surface area contributed by atoms with Crippen LogP contribution >= 0.6 is 11.6 Å². The predicted octanol–water partition coefficient (Wildman–Crippen LogP) is 2.74. The van der Waals surface area contributed by atoms with Gasteiger partial charge in [0.05, 0.1) is 4.90 Å². The summed E-state index contributed by atoms with van der Waals surface area (Å²) in [6.07, 6.45) is 0. The Morgan fingerprint density at radius 1 is 1.04 bits per heavy atom. The molecular weight excluding hydrogens is 388 g/mol. The van der Waals surface area contributed by atoms with Crippen LogP contribution in [0.2, 0.25) is 5.02 Å². The van der Waals surface area contributed by atoms with Gasteiger partial charge in [0.1, 0.15) is 5.75 Å². The lowest BCUT2D eigenvalue weighted by molar-refractivity contribution is -0.123. The van der Waals surface area contributed by atoms with E-state index in [9.17, 15) is 13.2 Å². The Bertz CT molecular complexity index is 929. The molecule has 0 aromatic heterocycles. The number of ether oxygens (including phenoxy) is 1. The number of halogens is 1. The van der Waals surface area contributed by atoms with Crippen LogP contribution in [0.3, 0.4) is 0 Å². The summed E-state index contributed by atoms with van der Waals surface area (Å²) in [7, 11) is -3.62. The molecule has 6 nitrogen and oxygen atoms in total. The van der Waals surface area contributed by atoms with Gasteiger partial charge in [0.25, 0.3) is 5.91 Å². The van der Waals surface area contributed by atoms with Crippen molar-refractivity contribution < 1.29 is 17.9 Å². The van der Waals surface area contributed by atoms with Crippen molar-refractivity contribution >= 4 is 27.5 Å². The number of sulfonamides is 1. The van der Waals surface area contributed by atoms with Crippen LogP contribution in [0.4, 0.5) is 0 Å². The highest BCUT2D eigenvalue weighted by Gasteiger charge is 2.16. The second-order valence-electron chi connectivity index (χ2n) is 6.22. The van der Waals surface area contributed by atoms with Crippen LogP contribution in [-0.2, 0) is 14.8 Å². The van der Waals surface area contributed by atoms with E-state index in [1.807, 2.05) is 19.9 Å². The largest absolute Gasteiger partial charge is 0.484 e. The van der Waals surface area contributed by atoms with Crippen molar-refractivity contribution in [2.75, 3.05) is 19.7 Å². The number of carbonyl (C=O) groups excluding carboxylic acids is 1. The molecule has 27 heavy (non-hydrogen) atoms. The summed E-state index contributed by atoms with van der Waals surface area (Å²) in [5.41, 5.74) is 2.37. The van der Waals surface area contributed by atoms with Crippen LogP contribution in [0, 0.1) is 20.8 Å². The molecule has 0 spiro atoms. The number of amides is 1. The second-order valence-corrected chi connectivity index (χ2v) is 8.39. The molecule has 0 saturated heterocycles. The zero-order valence-corrected chi connectivity index (χ0v) is 17.1. The molecule has 0 bridgehead atoms. The van der Waals surface area contributed by atoms with Gasteiger partial charge in [0, 0.05) is 18.1 Å². The number of rotatable bonds is 8. The highest BCUT2D eigenvalue weighted by atomic mass is 35.5. The molecule has 2 aromatic rings. The SMILES string of the molecule is Cc1ccc(C)c(S(=O)(=O)NCCNC(=O)COc2ccc(Cl)cc2C)c1. The van der Waals surface area contributed by atoms with Gasteiger partial charge in [-0.2, -0.15) is 0 Å². The van der Waals surface area contributed by atoms with Crippen LogP contribution in [0.1, 0.15) is 16.7 Å². The van der Waals surface area contributed by atoms with Crippen LogP contribution in [0.15, 0.2) is 41.3 Å². The summed E-state index contributed by atoms with van der Waals surface area (Å²) < 4.78 is 32.7. The van der Waals surface area contributed by atoms with E-state index >= 15 is 0 Å². The van der Waals surface area contributed by atoms with E-state index in [0.29, 0.717) is 16.3 Å². The maximum Gasteiger partial charge on any atom is 0.257 e. The van der Waals surface area contributed by atoms with Gasteiger partial charge in [0.2, 0.25) is 10.0 Å². The Morgan fingerprint density at radius 2 is 1.78 bits per heavy atom. The van der Waals surface area contributed by atoms with Crippen molar-refractivity contribution in [2.45, 2.75) is 25.7 Å². The fourth-order valence-electron chi connectivity index (χ4n) is 2.43. The first kappa shape index (κ1) is 21.2. The molecule has 0 atom stereocenters. The van der Waals surface area contributed by atoms with Crippen LogP contribution in [0.25, 0.3) is 0 Å². The van der Waals surface area contributed by atoms with Gasteiger partial charge < -0.3 is 10.1 Å². The van der Waals surface area contributed by atoms with Gasteiger partial charge in [0.15, 0.2) is 6.61 Å². The van der Waals surface area contributed by atoms with Crippen molar-refractivity contribution in [3.05, 3.63) is 58.1 Å². The van der Waals surface area contributed by atoms with E-state index in [1.165, 1.54) is 0 Å². The number of hydrogen-bond acceptors (Lipinski definition) is 4. The minimum atomic E-state index is -3.62. The van der Waals surface area contributed by atoms with E-state index in [-0.39, 0.29) is 30.5 Å². The lowest BCUT2D eigenvalue weighted by Gasteiger charge is -2.12. The fourth-order valence-corrected chi connectivity index (χ4v) is 4.02. The molecular formula is C19H23ClN2O4S. The number of hydrogen-bond donors (Lipinski definition) is 2. The average molecular weight is 411 g/mol. The zero-order valence-electron chi connectivity index (χ0n) is 15.5. The third-order valence-corrected chi connectivity index (χ3v) is 5.71. The molecule has 0 unspecified atom stereocenters. The maximum absolute atomic E-state index is 12.4. The molecule has 2 N–H and O–H groups in total. The predicted molar refractivity (Wildman–Crippen MR) is 106 cm³/mol. The second kappa shape index (κ2) is 9.21. The third kappa shape index (κ3) is 6.23. The lowest BCUT2D eigenvalue weighted by atomic mass is 10.2. The molecule has 146 valence electrons. The first-order valence-electron chi connectivity index (χ1n) is 8.41. The molecule has 2 rings (SSSR count). The summed E-state index contributed by atoms with van der Waals surface area (Å²) in [5.74, 6) is 0.237. The Balaban J connectivity index is 1.78. The summed E-state index contributed by atoms with van der Waals surface area (Å²) >= 11 is 5.87. The molecule has 0 fully saturated rings. The lowest BCUT2D eigenvalue weighted by Crippen LogP contribution is -2.37. The van der Waals surface area contributed by atoms with Crippen molar-refractivity contribution in [1.82, 2.24) is 10.0 Å². The molecule has 1 amide bonds. The summed E-state index contributed by atoms with van der Waals surface area (Å²) in [6, 6.07) is 10.4. The van der Waals surface area contributed by atoms with E-state index in [1.54, 1.807) is 37.3 Å². The van der Waals surface area contributed by atoms with Crippen LogP contribution in [-0.4, -0.2) is 34.0 Å². The van der Waals surface area contributed by atoms with Crippen molar-refractivity contribution in [1.29, 1.82) is 0 Å². The van der Waals surface area contributed by atoms with Crippen molar-refractivity contribution in [2.24, 2.45) is 0 Å². The topological polar surface area (TPSA) is 84.5 Å². The summed E-state index contributed by atoms with van der Waals surface area (Å²) in [4.78, 5) is 12.1. The van der Waals surface area contributed by atoms with Crippen LogP contribution in [0.5, 0.6) is 5.75 Å². The molecule has 0 aliphatic carbocycles. The Hall–Kier alpha value is -2.09. The standard InChI is InChI=1S/C19H23ClN2O4S/c1-13-4-5-14(2)18(10-13)27(24,25)22-9-8-21-19(23)12-26-17-7-6-16(20)11-15(17)3/h4-7,10-11,22H,8-9,12H2,1-3H3,(H,21,23). The molecule has 0 aliphatic rings. The molecule has 0 heterocycles. The number of nitrogens with one attached hydrogen (secondary N) is 2. The van der Waals surface area contributed by atoms with Gasteiger partial charge in [-0.15, -0.1) is 0 Å². The molecule has 0 aliphatic heterocycles. The highest BCUT2D eigenvalue weighted by molar-refractivity contribution is 7.89. The smallest absolute Gasteiger partial charge is 0.257 e. The molecule has 0 saturated carbocycles. The van der Waals surface area contributed by atoms with Gasteiger partial charge in [-0.1, -0.05) is 23.7 Å². The highest BCUT2D eigenvalue weighted by Crippen LogP contribution is 2.21. The number of aryl methyl sites for hydroxylation is 3.